The van der Waals surface area contributed by atoms with Gasteiger partial charge in [-0.25, -0.2) is 9.59 Å². The minimum Gasteiger partial charge on any atom is -0.467 e. The molecule has 0 fully saturated rings. The number of ether oxygens (including phenoxy) is 2. The van der Waals surface area contributed by atoms with Crippen molar-refractivity contribution in [1.82, 2.24) is 5.32 Å². The van der Waals surface area contributed by atoms with E-state index in [0.29, 0.717) is 5.56 Å². The summed E-state index contributed by atoms with van der Waals surface area (Å²) in [5.41, 5.74) is -1.18. The molecule has 1 aromatic carbocycles. The first-order chi connectivity index (χ1) is 9.10. The predicted molar refractivity (Wildman–Crippen MR) is 66.1 cm³/mol. The maximum absolute atomic E-state index is 11.9. The highest BCUT2D eigenvalue weighted by Crippen LogP contribution is 2.17. The van der Waals surface area contributed by atoms with Crippen molar-refractivity contribution in [3.05, 3.63) is 35.9 Å². The molecule has 1 N–H and O–H groups in total. The zero-order chi connectivity index (χ0) is 14.3. The Hall–Kier alpha value is -2.37. The van der Waals surface area contributed by atoms with Crippen LogP contribution in [0.4, 0.5) is 0 Å². The zero-order valence-electron chi connectivity index (χ0n) is 10.7. The first-order valence-corrected chi connectivity index (χ1v) is 5.53. The van der Waals surface area contributed by atoms with Crippen LogP contribution in [0.1, 0.15) is 5.56 Å². The molecular weight excluding hydrogens is 250 g/mol. The van der Waals surface area contributed by atoms with Gasteiger partial charge < -0.3 is 14.8 Å². The van der Waals surface area contributed by atoms with Crippen molar-refractivity contribution in [2.45, 2.75) is 12.0 Å². The SMILES string of the molecule is COC(=O)C(Cc1ccccc1)(NC=O)C(=O)OC. The number of hydrogen-bond donors (Lipinski definition) is 1. The first kappa shape index (κ1) is 14.7. The highest BCUT2D eigenvalue weighted by atomic mass is 16.5. The van der Waals surface area contributed by atoms with Crippen LogP contribution in [-0.4, -0.2) is 38.1 Å². The van der Waals surface area contributed by atoms with Gasteiger partial charge in [-0.3, -0.25) is 4.79 Å². The molecular formula is C13H15NO5. The van der Waals surface area contributed by atoms with Gasteiger partial charge in [-0.1, -0.05) is 30.3 Å². The molecule has 0 saturated carbocycles. The van der Waals surface area contributed by atoms with Gasteiger partial charge in [-0.15, -0.1) is 0 Å². The van der Waals surface area contributed by atoms with E-state index in [-0.39, 0.29) is 12.8 Å². The monoisotopic (exact) mass is 265 g/mol. The lowest BCUT2D eigenvalue weighted by Gasteiger charge is -2.27. The molecule has 0 spiro atoms. The minimum absolute atomic E-state index is 0.0497. The Morgan fingerprint density at radius 1 is 1.16 bits per heavy atom. The molecule has 1 amide bonds. The molecule has 1 aromatic rings. The first-order valence-electron chi connectivity index (χ1n) is 5.53. The fourth-order valence-electron chi connectivity index (χ4n) is 1.75. The molecule has 0 saturated heterocycles. The van der Waals surface area contributed by atoms with Gasteiger partial charge in [0.2, 0.25) is 11.9 Å². The molecule has 0 aromatic heterocycles. The van der Waals surface area contributed by atoms with Gasteiger partial charge in [0.25, 0.3) is 0 Å². The molecule has 6 heteroatoms. The van der Waals surface area contributed by atoms with Crippen molar-refractivity contribution >= 4 is 18.3 Å². The third-order valence-corrected chi connectivity index (χ3v) is 2.69. The third kappa shape index (κ3) is 3.09. The van der Waals surface area contributed by atoms with Gasteiger partial charge in [-0.2, -0.15) is 0 Å². The second-order valence-electron chi connectivity index (χ2n) is 3.81. The molecule has 0 heterocycles. The second-order valence-corrected chi connectivity index (χ2v) is 3.81. The Bertz CT molecular complexity index is 441. The van der Waals surface area contributed by atoms with Gasteiger partial charge in [0.1, 0.15) is 0 Å². The lowest BCUT2D eigenvalue weighted by Crippen LogP contribution is -2.60. The van der Waals surface area contributed by atoms with Crippen LogP contribution in [-0.2, 0) is 30.3 Å². The Labute approximate surface area is 110 Å². The van der Waals surface area contributed by atoms with E-state index >= 15 is 0 Å². The van der Waals surface area contributed by atoms with E-state index in [1.165, 1.54) is 0 Å². The van der Waals surface area contributed by atoms with E-state index in [4.69, 9.17) is 0 Å². The summed E-state index contributed by atoms with van der Waals surface area (Å²) in [6, 6.07) is 8.78. The Kier molecular flexibility index (Phi) is 5.05. The van der Waals surface area contributed by atoms with E-state index in [0.717, 1.165) is 14.2 Å². The van der Waals surface area contributed by atoms with Crippen LogP contribution >= 0.6 is 0 Å². The van der Waals surface area contributed by atoms with Crippen molar-refractivity contribution in [2.75, 3.05) is 14.2 Å². The van der Waals surface area contributed by atoms with E-state index in [2.05, 4.69) is 14.8 Å². The third-order valence-electron chi connectivity index (χ3n) is 2.69. The number of methoxy groups -OCH3 is 2. The summed E-state index contributed by atoms with van der Waals surface area (Å²) in [4.78, 5) is 34.5. The zero-order valence-corrected chi connectivity index (χ0v) is 10.7. The maximum atomic E-state index is 11.9. The summed E-state index contributed by atoms with van der Waals surface area (Å²) >= 11 is 0. The van der Waals surface area contributed by atoms with E-state index in [9.17, 15) is 14.4 Å². The van der Waals surface area contributed by atoms with Gasteiger partial charge in [0.15, 0.2) is 0 Å². The normalized spacial score (nSPS) is 10.4. The summed E-state index contributed by atoms with van der Waals surface area (Å²) in [5.74, 6) is -1.76. The molecule has 0 atom stereocenters. The number of rotatable bonds is 6. The highest BCUT2D eigenvalue weighted by molar-refractivity contribution is 6.06. The maximum Gasteiger partial charge on any atom is 0.343 e. The standard InChI is InChI=1S/C13H15NO5/c1-18-11(16)13(14-9-15,12(17)19-2)8-10-6-4-3-5-7-10/h3-7,9H,8H2,1-2H3,(H,14,15). The minimum atomic E-state index is -1.87. The number of amides is 1. The Morgan fingerprint density at radius 3 is 2.11 bits per heavy atom. The van der Waals surface area contributed by atoms with Crippen molar-refractivity contribution in [1.29, 1.82) is 0 Å². The average Bonchev–Trinajstić information content (AvgIpc) is 2.46. The molecule has 0 unspecified atom stereocenters. The van der Waals surface area contributed by atoms with Gasteiger partial charge in [0, 0.05) is 6.42 Å². The van der Waals surface area contributed by atoms with E-state index < -0.39 is 17.5 Å². The van der Waals surface area contributed by atoms with Crippen LogP contribution in [0.5, 0.6) is 0 Å². The summed E-state index contributed by atoms with van der Waals surface area (Å²) < 4.78 is 9.20. The average molecular weight is 265 g/mol. The molecule has 0 aliphatic rings. The Balaban J connectivity index is 3.18. The fourth-order valence-corrected chi connectivity index (χ4v) is 1.75. The summed E-state index contributed by atoms with van der Waals surface area (Å²) in [6.45, 7) is 0. The van der Waals surface area contributed by atoms with Crippen LogP contribution in [0.15, 0.2) is 30.3 Å². The van der Waals surface area contributed by atoms with Gasteiger partial charge >= 0.3 is 11.9 Å². The summed E-state index contributed by atoms with van der Waals surface area (Å²) in [6.07, 6.45) is 0.225. The largest absolute Gasteiger partial charge is 0.467 e. The van der Waals surface area contributed by atoms with Crippen LogP contribution in [0.3, 0.4) is 0 Å². The molecule has 0 bridgehead atoms. The number of carbonyl (C=O) groups excluding carboxylic acids is 3. The summed E-state index contributed by atoms with van der Waals surface area (Å²) in [7, 11) is 2.27. The molecule has 19 heavy (non-hydrogen) atoms. The predicted octanol–water partition coefficient (Wildman–Crippen LogP) is 0.0599. The molecule has 1 rings (SSSR count). The molecule has 0 aliphatic carbocycles. The van der Waals surface area contributed by atoms with Crippen LogP contribution in [0.2, 0.25) is 0 Å². The fraction of sp³-hybridized carbons (Fsp3) is 0.308. The van der Waals surface area contributed by atoms with Gasteiger partial charge in [-0.05, 0) is 5.56 Å². The van der Waals surface area contributed by atoms with Crippen molar-refractivity contribution < 1.29 is 23.9 Å². The van der Waals surface area contributed by atoms with Crippen molar-refractivity contribution in [3.63, 3.8) is 0 Å². The lowest BCUT2D eigenvalue weighted by atomic mass is 9.91. The lowest BCUT2D eigenvalue weighted by molar-refractivity contribution is -0.164. The number of hydrogen-bond acceptors (Lipinski definition) is 5. The van der Waals surface area contributed by atoms with Crippen LogP contribution < -0.4 is 5.32 Å². The second kappa shape index (κ2) is 6.53. The quantitative estimate of drug-likeness (QED) is 0.447. The number of benzene rings is 1. The van der Waals surface area contributed by atoms with E-state index in [1.807, 2.05) is 0 Å². The summed E-state index contributed by atoms with van der Waals surface area (Å²) in [5, 5.41) is 2.22. The molecule has 0 aliphatic heterocycles. The highest BCUT2D eigenvalue weighted by Gasteiger charge is 2.48. The number of nitrogens with one attached hydrogen (secondary N) is 1. The molecule has 6 nitrogen and oxygen atoms in total. The van der Waals surface area contributed by atoms with Crippen molar-refractivity contribution in [2.24, 2.45) is 0 Å². The smallest absolute Gasteiger partial charge is 0.343 e. The number of carbonyl (C=O) groups is 3. The van der Waals surface area contributed by atoms with Crippen LogP contribution in [0, 0.1) is 0 Å². The molecule has 102 valence electrons. The molecule has 0 radical (unpaired) electrons. The Morgan fingerprint density at radius 2 is 1.68 bits per heavy atom. The van der Waals surface area contributed by atoms with E-state index in [1.54, 1.807) is 30.3 Å². The van der Waals surface area contributed by atoms with Crippen LogP contribution in [0.25, 0.3) is 0 Å². The number of esters is 2. The topological polar surface area (TPSA) is 81.7 Å². The van der Waals surface area contributed by atoms with Gasteiger partial charge in [0.05, 0.1) is 14.2 Å². The van der Waals surface area contributed by atoms with Crippen molar-refractivity contribution in [3.8, 4) is 0 Å².